The van der Waals surface area contributed by atoms with Crippen LogP contribution in [0.15, 0.2) is 51.1 Å². The van der Waals surface area contributed by atoms with Crippen LogP contribution < -0.4 is 10.9 Å². The Balaban J connectivity index is 2.50. The third kappa shape index (κ3) is 3.46. The molecular weight excluding hydrogens is 316 g/mol. The second-order valence-corrected chi connectivity index (χ2v) is 7.33. The summed E-state index contributed by atoms with van der Waals surface area (Å²) >= 11 is 7.32. The highest BCUT2D eigenvalue weighted by Crippen LogP contribution is 2.35. The molecule has 2 aromatic carbocycles. The molecule has 106 valence electrons. The van der Waals surface area contributed by atoms with Crippen molar-refractivity contribution in [3.8, 4) is 0 Å². The Bertz CT molecular complexity index is 761. The summed E-state index contributed by atoms with van der Waals surface area (Å²) in [6, 6.07) is 10.4. The number of anilines is 1. The minimum Gasteiger partial charge on any atom is -0.399 e. The van der Waals surface area contributed by atoms with Gasteiger partial charge in [0.15, 0.2) is 0 Å². The molecule has 0 atom stereocenters. The van der Waals surface area contributed by atoms with Crippen molar-refractivity contribution in [1.82, 2.24) is 0 Å². The summed E-state index contributed by atoms with van der Waals surface area (Å²) in [6.07, 6.45) is 0. The maximum atomic E-state index is 11.6. The highest BCUT2D eigenvalue weighted by Gasteiger charge is 2.16. The molecule has 2 rings (SSSR count). The van der Waals surface area contributed by atoms with Gasteiger partial charge in [-0.05, 0) is 42.8 Å². The van der Waals surface area contributed by atoms with Crippen LogP contribution in [-0.2, 0) is 10.0 Å². The predicted molar refractivity (Wildman–Crippen MR) is 82.5 cm³/mol. The fraction of sp³-hybridized carbons (Fsp3) is 0.0769. The molecule has 2 aromatic rings. The van der Waals surface area contributed by atoms with E-state index < -0.39 is 10.0 Å². The molecule has 0 aromatic heterocycles. The topological polar surface area (TPSA) is 86.2 Å². The molecule has 0 fully saturated rings. The minimum absolute atomic E-state index is 0.0435. The zero-order valence-electron chi connectivity index (χ0n) is 10.6. The zero-order chi connectivity index (χ0) is 14.9. The second kappa shape index (κ2) is 5.65. The summed E-state index contributed by atoms with van der Waals surface area (Å²) in [7, 11) is -3.80. The maximum Gasteiger partial charge on any atom is 0.238 e. The molecule has 0 unspecified atom stereocenters. The van der Waals surface area contributed by atoms with E-state index in [1.54, 1.807) is 25.1 Å². The Hall–Kier alpha value is -1.21. The van der Waals surface area contributed by atoms with Crippen molar-refractivity contribution < 1.29 is 8.42 Å². The predicted octanol–water partition coefficient (Wildman–Crippen LogP) is 3.03. The van der Waals surface area contributed by atoms with E-state index in [-0.39, 0.29) is 4.90 Å². The molecule has 20 heavy (non-hydrogen) atoms. The van der Waals surface area contributed by atoms with Crippen LogP contribution in [-0.4, -0.2) is 8.42 Å². The Kier molecular flexibility index (Phi) is 4.29. The number of primary sulfonamides is 1. The summed E-state index contributed by atoms with van der Waals surface area (Å²) in [5.41, 5.74) is 6.68. The van der Waals surface area contributed by atoms with Gasteiger partial charge < -0.3 is 5.73 Å². The molecule has 0 amide bonds. The van der Waals surface area contributed by atoms with Crippen LogP contribution >= 0.6 is 23.4 Å². The lowest BCUT2D eigenvalue weighted by atomic mass is 10.2. The molecule has 0 aliphatic rings. The van der Waals surface area contributed by atoms with E-state index in [9.17, 15) is 8.42 Å². The lowest BCUT2D eigenvalue weighted by Crippen LogP contribution is -2.14. The number of halogens is 1. The van der Waals surface area contributed by atoms with Crippen molar-refractivity contribution in [2.45, 2.75) is 21.6 Å². The highest BCUT2D eigenvalue weighted by atomic mass is 35.5. The van der Waals surface area contributed by atoms with E-state index in [1.165, 1.54) is 17.8 Å². The molecule has 0 saturated heterocycles. The first-order valence-corrected chi connectivity index (χ1v) is 8.38. The van der Waals surface area contributed by atoms with E-state index in [0.717, 1.165) is 9.79 Å². The number of hydrogen-bond acceptors (Lipinski definition) is 4. The number of benzene rings is 2. The van der Waals surface area contributed by atoms with Gasteiger partial charge in [0.2, 0.25) is 10.0 Å². The van der Waals surface area contributed by atoms with Gasteiger partial charge in [0.25, 0.3) is 0 Å². The van der Waals surface area contributed by atoms with Gasteiger partial charge in [0, 0.05) is 20.5 Å². The van der Waals surface area contributed by atoms with E-state index in [1.807, 2.05) is 12.1 Å². The number of nitrogens with two attached hydrogens (primary N) is 2. The van der Waals surface area contributed by atoms with Crippen molar-refractivity contribution in [3.63, 3.8) is 0 Å². The molecule has 0 heterocycles. The monoisotopic (exact) mass is 328 g/mol. The fourth-order valence-electron chi connectivity index (χ4n) is 1.74. The lowest BCUT2D eigenvalue weighted by Gasteiger charge is -2.11. The first kappa shape index (κ1) is 15.2. The maximum absolute atomic E-state index is 11.6. The Labute approximate surface area is 127 Å². The minimum atomic E-state index is -3.80. The van der Waals surface area contributed by atoms with Crippen LogP contribution in [0, 0.1) is 6.92 Å². The third-order valence-corrected chi connectivity index (χ3v) is 5.07. The zero-order valence-corrected chi connectivity index (χ0v) is 13.0. The summed E-state index contributed by atoms with van der Waals surface area (Å²) in [5, 5.41) is 5.81. The molecule has 4 N–H and O–H groups in total. The summed E-state index contributed by atoms with van der Waals surface area (Å²) in [6.45, 7) is 1.70. The second-order valence-electron chi connectivity index (χ2n) is 4.25. The van der Waals surface area contributed by atoms with Gasteiger partial charge >= 0.3 is 0 Å². The molecule has 0 aliphatic heterocycles. The van der Waals surface area contributed by atoms with Crippen molar-refractivity contribution in [2.24, 2.45) is 5.14 Å². The quantitative estimate of drug-likeness (QED) is 0.848. The van der Waals surface area contributed by atoms with Crippen LogP contribution in [0.2, 0.25) is 5.02 Å². The summed E-state index contributed by atoms with van der Waals surface area (Å²) in [4.78, 5) is 1.67. The van der Waals surface area contributed by atoms with Gasteiger partial charge in [-0.3, -0.25) is 0 Å². The average Bonchev–Trinajstić information content (AvgIpc) is 2.32. The van der Waals surface area contributed by atoms with Gasteiger partial charge in [-0.15, -0.1) is 0 Å². The molecule has 0 radical (unpaired) electrons. The Morgan fingerprint density at radius 1 is 1.20 bits per heavy atom. The Morgan fingerprint density at radius 2 is 1.90 bits per heavy atom. The van der Waals surface area contributed by atoms with E-state index in [4.69, 9.17) is 22.5 Å². The van der Waals surface area contributed by atoms with Gasteiger partial charge in [-0.25, -0.2) is 13.6 Å². The van der Waals surface area contributed by atoms with Gasteiger partial charge in [0.05, 0.1) is 4.90 Å². The number of sulfonamides is 1. The van der Waals surface area contributed by atoms with E-state index >= 15 is 0 Å². The third-order valence-electron chi connectivity index (χ3n) is 2.67. The van der Waals surface area contributed by atoms with E-state index in [0.29, 0.717) is 16.3 Å². The van der Waals surface area contributed by atoms with Gasteiger partial charge in [-0.1, -0.05) is 29.4 Å². The van der Waals surface area contributed by atoms with Gasteiger partial charge in [-0.2, -0.15) is 0 Å². The normalized spacial score (nSPS) is 11.6. The first-order chi connectivity index (χ1) is 9.27. The van der Waals surface area contributed by atoms with Crippen molar-refractivity contribution in [1.29, 1.82) is 0 Å². The van der Waals surface area contributed by atoms with E-state index in [2.05, 4.69) is 0 Å². The van der Waals surface area contributed by atoms with Crippen LogP contribution in [0.25, 0.3) is 0 Å². The van der Waals surface area contributed by atoms with Crippen molar-refractivity contribution in [2.75, 3.05) is 5.73 Å². The van der Waals surface area contributed by atoms with Gasteiger partial charge in [0.1, 0.15) is 0 Å². The molecule has 0 spiro atoms. The average molecular weight is 329 g/mol. The van der Waals surface area contributed by atoms with Crippen LogP contribution in [0.5, 0.6) is 0 Å². The smallest absolute Gasteiger partial charge is 0.238 e. The van der Waals surface area contributed by atoms with Crippen LogP contribution in [0.3, 0.4) is 0 Å². The molecule has 7 heteroatoms. The Morgan fingerprint density at radius 3 is 2.50 bits per heavy atom. The number of nitrogen functional groups attached to an aromatic ring is 1. The van der Waals surface area contributed by atoms with Crippen LogP contribution in [0.4, 0.5) is 5.69 Å². The molecule has 4 nitrogen and oxygen atoms in total. The molecular formula is C13H13ClN2O2S2. The standard InChI is InChI=1S/C13H13ClN2O2S2/c1-8-12(19-11-4-2-3-9(14)5-11)6-10(15)7-13(8)20(16,17)18/h2-7H,15H2,1H3,(H2,16,17,18). The molecule has 0 saturated carbocycles. The van der Waals surface area contributed by atoms with Crippen molar-refractivity contribution in [3.05, 3.63) is 47.0 Å². The molecule has 0 bridgehead atoms. The van der Waals surface area contributed by atoms with Crippen molar-refractivity contribution >= 4 is 39.1 Å². The number of hydrogen-bond donors (Lipinski definition) is 2. The summed E-state index contributed by atoms with van der Waals surface area (Å²) in [5.74, 6) is 0. The lowest BCUT2D eigenvalue weighted by molar-refractivity contribution is 0.597. The SMILES string of the molecule is Cc1c(Sc2cccc(Cl)c2)cc(N)cc1S(N)(=O)=O. The first-order valence-electron chi connectivity index (χ1n) is 5.64. The summed E-state index contributed by atoms with van der Waals surface area (Å²) < 4.78 is 23.1. The largest absolute Gasteiger partial charge is 0.399 e. The number of rotatable bonds is 3. The fourth-order valence-corrected chi connectivity index (χ4v) is 3.94. The molecule has 0 aliphatic carbocycles. The highest BCUT2D eigenvalue weighted by molar-refractivity contribution is 7.99. The van der Waals surface area contributed by atoms with Crippen LogP contribution in [0.1, 0.15) is 5.56 Å².